The van der Waals surface area contributed by atoms with Crippen molar-refractivity contribution in [3.05, 3.63) is 95.6 Å². The molecule has 0 aromatic heterocycles. The fourth-order valence-electron chi connectivity index (χ4n) is 5.06. The second-order valence-corrected chi connectivity index (χ2v) is 12.0. The molecule has 13 heteroatoms. The summed E-state index contributed by atoms with van der Waals surface area (Å²) in [5.74, 6) is -3.16. The number of thioether (sulfide) groups is 1. The second-order valence-electron chi connectivity index (χ2n) is 10.9. The van der Waals surface area contributed by atoms with Gasteiger partial charge >= 0.3 is 5.97 Å². The van der Waals surface area contributed by atoms with Gasteiger partial charge in [0.1, 0.15) is 28.7 Å². The molecule has 1 saturated heterocycles. The number of anilines is 1. The Hall–Kier alpha value is -4.33. The summed E-state index contributed by atoms with van der Waals surface area (Å²) in [5, 5.41) is 21.6. The van der Waals surface area contributed by atoms with E-state index in [-0.39, 0.29) is 37.0 Å². The van der Waals surface area contributed by atoms with Gasteiger partial charge in [-0.15, -0.1) is 11.8 Å². The van der Waals surface area contributed by atoms with Gasteiger partial charge in [0.05, 0.1) is 18.7 Å². The zero-order chi connectivity index (χ0) is 33.4. The second kappa shape index (κ2) is 15.8. The largest absolute Gasteiger partial charge is 0.484 e. The van der Waals surface area contributed by atoms with E-state index in [0.717, 1.165) is 5.56 Å². The average molecular weight is 656 g/mol. The number of ether oxygens (including phenoxy) is 1. The maximum atomic E-state index is 13.6. The number of rotatable bonds is 16. The molecule has 46 heavy (non-hydrogen) atoms. The van der Waals surface area contributed by atoms with E-state index in [9.17, 15) is 33.1 Å². The van der Waals surface area contributed by atoms with Crippen LogP contribution in [0.15, 0.2) is 72.8 Å². The Balaban J connectivity index is 1.36. The van der Waals surface area contributed by atoms with Crippen LogP contribution >= 0.6 is 11.8 Å². The first-order valence-electron chi connectivity index (χ1n) is 14.6. The van der Waals surface area contributed by atoms with Crippen LogP contribution in [-0.2, 0) is 19.2 Å². The average Bonchev–Trinajstić information content (AvgIpc) is 3.05. The van der Waals surface area contributed by atoms with Crippen LogP contribution in [0.4, 0.5) is 14.5 Å². The van der Waals surface area contributed by atoms with E-state index in [4.69, 9.17) is 15.6 Å². The molecule has 3 aromatic rings. The monoisotopic (exact) mass is 655 g/mol. The number of carbonyl (C=O) groups is 4. The minimum absolute atomic E-state index is 0.0738. The topological polar surface area (TPSA) is 159 Å². The molecule has 244 valence electrons. The number of carbonyl (C=O) groups excluding carboxylic acids is 3. The van der Waals surface area contributed by atoms with Gasteiger partial charge in [0.2, 0.25) is 5.91 Å². The van der Waals surface area contributed by atoms with Crippen molar-refractivity contribution < 1.29 is 42.9 Å². The Morgan fingerprint density at radius 1 is 1.00 bits per heavy atom. The lowest BCUT2D eigenvalue weighted by Gasteiger charge is -2.47. The number of hydrogen-bond donors (Lipinski definition) is 4. The molecule has 0 spiro atoms. The van der Waals surface area contributed by atoms with Crippen LogP contribution in [0.3, 0.4) is 0 Å². The van der Waals surface area contributed by atoms with E-state index in [2.05, 4.69) is 5.32 Å². The van der Waals surface area contributed by atoms with E-state index in [1.54, 1.807) is 36.1 Å². The molecular formula is C33H35F2N3O7S. The maximum absolute atomic E-state index is 13.6. The van der Waals surface area contributed by atoms with Gasteiger partial charge in [-0.05, 0) is 65.6 Å². The first-order chi connectivity index (χ1) is 22.0. The van der Waals surface area contributed by atoms with Crippen LogP contribution in [0.25, 0.3) is 0 Å². The molecule has 5 N–H and O–H groups in total. The molecule has 10 nitrogen and oxygen atoms in total. The molecule has 0 bridgehead atoms. The van der Waals surface area contributed by atoms with Gasteiger partial charge < -0.3 is 30.9 Å². The third kappa shape index (κ3) is 8.68. The summed E-state index contributed by atoms with van der Waals surface area (Å²) >= 11 is 1.26. The fourth-order valence-corrected chi connectivity index (χ4v) is 6.36. The van der Waals surface area contributed by atoms with Crippen molar-refractivity contribution in [2.45, 2.75) is 43.2 Å². The van der Waals surface area contributed by atoms with Crippen molar-refractivity contribution in [2.24, 2.45) is 11.7 Å². The van der Waals surface area contributed by atoms with Crippen LogP contribution in [-0.4, -0.2) is 64.0 Å². The molecule has 5 atom stereocenters. The Labute approximate surface area is 268 Å². The lowest BCUT2D eigenvalue weighted by atomic mass is 9.92. The summed E-state index contributed by atoms with van der Waals surface area (Å²) in [4.78, 5) is 50.4. The van der Waals surface area contributed by atoms with Crippen LogP contribution in [0.1, 0.15) is 43.0 Å². The molecule has 1 aliphatic rings. The first kappa shape index (κ1) is 34.5. The summed E-state index contributed by atoms with van der Waals surface area (Å²) in [7, 11) is 0. The van der Waals surface area contributed by atoms with Crippen molar-refractivity contribution >= 4 is 41.0 Å². The quantitative estimate of drug-likeness (QED) is 0.169. The van der Waals surface area contributed by atoms with Gasteiger partial charge in [0.15, 0.2) is 12.4 Å². The molecule has 3 aromatic carbocycles. The van der Waals surface area contributed by atoms with Gasteiger partial charge in [-0.1, -0.05) is 37.6 Å². The number of hydrogen-bond acceptors (Lipinski definition) is 8. The summed E-state index contributed by atoms with van der Waals surface area (Å²) in [6.07, 6.45) is -0.595. The van der Waals surface area contributed by atoms with Crippen molar-refractivity contribution in [2.75, 3.05) is 23.8 Å². The number of benzene rings is 3. The lowest BCUT2D eigenvalue weighted by Crippen LogP contribution is -2.57. The predicted molar refractivity (Wildman–Crippen MR) is 168 cm³/mol. The molecule has 4 rings (SSSR count). The number of nitrogens with zero attached hydrogens (tertiary/aromatic N) is 1. The molecule has 0 radical (unpaired) electrons. The Morgan fingerprint density at radius 2 is 1.61 bits per heavy atom. The smallest absolute Gasteiger partial charge is 0.320 e. The van der Waals surface area contributed by atoms with E-state index in [1.807, 2.05) is 0 Å². The summed E-state index contributed by atoms with van der Waals surface area (Å²) in [5.41, 5.74) is 7.40. The van der Waals surface area contributed by atoms with Gasteiger partial charge in [0, 0.05) is 17.9 Å². The third-order valence-electron chi connectivity index (χ3n) is 7.72. The van der Waals surface area contributed by atoms with Crippen LogP contribution in [0, 0.1) is 17.6 Å². The Kier molecular flexibility index (Phi) is 11.9. The number of Topliss-reactive ketones (excluding diaryl/α,β-unsaturated/α-hetero) is 1. The van der Waals surface area contributed by atoms with E-state index >= 15 is 0 Å². The van der Waals surface area contributed by atoms with E-state index in [0.29, 0.717) is 23.4 Å². The number of halogens is 2. The number of carboxylic acid groups (broad SMARTS) is 1. The highest BCUT2D eigenvalue weighted by molar-refractivity contribution is 8.00. The number of ketones is 1. The molecular weight excluding hydrogens is 620 g/mol. The van der Waals surface area contributed by atoms with Crippen molar-refractivity contribution in [1.82, 2.24) is 5.32 Å². The van der Waals surface area contributed by atoms with E-state index in [1.165, 1.54) is 60.3 Å². The normalized spacial score (nSPS) is 17.8. The molecule has 1 heterocycles. The number of nitrogens with one attached hydrogen (secondary N) is 1. The number of nitrogens with two attached hydrogens (primary N) is 1. The summed E-state index contributed by atoms with van der Waals surface area (Å²) < 4.78 is 32.5. The third-order valence-corrected chi connectivity index (χ3v) is 9.05. The number of aliphatic carboxylic acids is 1. The number of β-lactam (4-membered cyclic amide) rings is 1. The zero-order valence-corrected chi connectivity index (χ0v) is 25.8. The zero-order valence-electron chi connectivity index (χ0n) is 25.0. The minimum Gasteiger partial charge on any atom is -0.484 e. The van der Waals surface area contributed by atoms with Gasteiger partial charge in [-0.25, -0.2) is 8.78 Å². The van der Waals surface area contributed by atoms with Crippen molar-refractivity contribution in [3.8, 4) is 5.75 Å². The highest BCUT2D eigenvalue weighted by Gasteiger charge is 2.49. The maximum Gasteiger partial charge on any atom is 0.320 e. The molecule has 1 aliphatic heterocycles. The minimum atomic E-state index is -1.19. The van der Waals surface area contributed by atoms with Crippen LogP contribution in [0.5, 0.6) is 5.75 Å². The first-order valence-corrected chi connectivity index (χ1v) is 15.7. The molecule has 2 amide bonds. The molecule has 1 unspecified atom stereocenters. The van der Waals surface area contributed by atoms with E-state index < -0.39 is 52.9 Å². The molecule has 0 saturated carbocycles. The SMILES string of the molecule is CCC(CC(=O)CNC(=O)COc1ccc([C@@H]2[C@@H](SC[C@H](O)c3ccc(F)cc3)C(=O)N2c2ccc(F)cc2)cc1)[C@@H](N)C(=O)O. The standard InChI is InChI=1S/C33H35F2N3O7S/c1-2-19(29(36)33(43)44)15-25(39)16-37-28(41)17-45-26-13-5-21(6-14-26)30-31(32(42)38(30)24-11-9-23(35)10-12-24)46-18-27(40)20-3-7-22(34)8-4-20/h3-14,19,27,29-31,40H,2,15-18,36H2,1H3,(H,37,41)(H,43,44)/t19?,27-,29+,30+,31+/m0/s1. The lowest BCUT2D eigenvalue weighted by molar-refractivity contribution is -0.140. The van der Waals surface area contributed by atoms with Gasteiger partial charge in [-0.3, -0.25) is 19.2 Å². The van der Waals surface area contributed by atoms with Crippen LogP contribution in [0.2, 0.25) is 0 Å². The van der Waals surface area contributed by atoms with Crippen molar-refractivity contribution in [3.63, 3.8) is 0 Å². The Bertz CT molecular complexity index is 1520. The number of carboxylic acids is 1. The predicted octanol–water partition coefficient (Wildman–Crippen LogP) is 3.78. The number of aliphatic hydroxyl groups is 1. The highest BCUT2D eigenvalue weighted by atomic mass is 32.2. The Morgan fingerprint density at radius 3 is 2.20 bits per heavy atom. The fraction of sp³-hybridized carbons (Fsp3) is 0.333. The van der Waals surface area contributed by atoms with Gasteiger partial charge in [0.25, 0.3) is 5.91 Å². The summed E-state index contributed by atoms with van der Waals surface area (Å²) in [6.45, 7) is 1.08. The number of amides is 2. The van der Waals surface area contributed by atoms with Gasteiger partial charge in [-0.2, -0.15) is 0 Å². The van der Waals surface area contributed by atoms with Crippen molar-refractivity contribution in [1.29, 1.82) is 0 Å². The van der Waals surface area contributed by atoms with Crippen LogP contribution < -0.4 is 20.7 Å². The number of aliphatic hydroxyl groups excluding tert-OH is 1. The highest BCUT2D eigenvalue weighted by Crippen LogP contribution is 2.46. The molecule has 1 fully saturated rings. The molecule has 0 aliphatic carbocycles. The summed E-state index contributed by atoms with van der Waals surface area (Å²) in [6, 6.07) is 16.2.